The van der Waals surface area contributed by atoms with E-state index in [9.17, 15) is 14.7 Å². The van der Waals surface area contributed by atoms with Crippen LogP contribution in [0.2, 0.25) is 0 Å². The summed E-state index contributed by atoms with van der Waals surface area (Å²) in [6.07, 6.45) is 0.792. The molecule has 2 unspecified atom stereocenters. The smallest absolute Gasteiger partial charge is 0.326 e. The Labute approximate surface area is 120 Å². The van der Waals surface area contributed by atoms with E-state index in [0.29, 0.717) is 19.4 Å². The molecule has 1 aromatic carbocycles. The zero-order chi connectivity index (χ0) is 13.8. The van der Waals surface area contributed by atoms with E-state index in [1.165, 1.54) is 4.90 Å². The highest BCUT2D eigenvalue weighted by Gasteiger charge is 2.37. The molecule has 0 saturated carbocycles. The molecule has 2 atom stereocenters. The molecule has 1 amide bonds. The van der Waals surface area contributed by atoms with E-state index in [1.807, 2.05) is 30.3 Å². The molecule has 2 rings (SSSR count). The lowest BCUT2D eigenvalue weighted by Crippen LogP contribution is -2.43. The highest BCUT2D eigenvalue weighted by molar-refractivity contribution is 9.09. The van der Waals surface area contributed by atoms with E-state index >= 15 is 0 Å². The van der Waals surface area contributed by atoms with Crippen molar-refractivity contribution in [1.82, 2.24) is 4.90 Å². The van der Waals surface area contributed by atoms with Crippen LogP contribution in [-0.4, -0.2) is 39.8 Å². The number of alkyl halides is 1. The number of amides is 1. The molecule has 4 nitrogen and oxygen atoms in total. The van der Waals surface area contributed by atoms with Crippen molar-refractivity contribution in [3.8, 4) is 0 Å². The first kappa shape index (κ1) is 14.1. The van der Waals surface area contributed by atoms with Crippen molar-refractivity contribution in [1.29, 1.82) is 0 Å². The molecule has 1 N–H and O–H groups in total. The Morgan fingerprint density at radius 3 is 2.63 bits per heavy atom. The van der Waals surface area contributed by atoms with Crippen molar-refractivity contribution in [3.05, 3.63) is 35.9 Å². The number of hydrogen-bond donors (Lipinski definition) is 1. The van der Waals surface area contributed by atoms with Crippen LogP contribution in [0.3, 0.4) is 0 Å². The second kappa shape index (κ2) is 6.19. The minimum absolute atomic E-state index is 0.0622. The van der Waals surface area contributed by atoms with E-state index in [4.69, 9.17) is 0 Å². The fourth-order valence-electron chi connectivity index (χ4n) is 2.38. The topological polar surface area (TPSA) is 57.6 Å². The predicted octanol–water partition coefficient (Wildman–Crippen LogP) is 1.93. The first-order valence-electron chi connectivity index (χ1n) is 6.24. The van der Waals surface area contributed by atoms with Crippen LogP contribution in [0, 0.1) is 5.92 Å². The number of carboxylic acid groups (broad SMARTS) is 1. The lowest BCUT2D eigenvalue weighted by atomic mass is 10.0. The lowest BCUT2D eigenvalue weighted by molar-refractivity contribution is -0.148. The normalized spacial score (nSPS) is 20.6. The van der Waals surface area contributed by atoms with E-state index in [0.717, 1.165) is 10.9 Å². The van der Waals surface area contributed by atoms with Gasteiger partial charge in [-0.25, -0.2) is 4.79 Å². The highest BCUT2D eigenvalue weighted by atomic mass is 79.9. The van der Waals surface area contributed by atoms with Crippen molar-refractivity contribution in [2.45, 2.75) is 18.9 Å². The molecular weight excluding hydrogens is 310 g/mol. The van der Waals surface area contributed by atoms with Crippen LogP contribution < -0.4 is 0 Å². The van der Waals surface area contributed by atoms with Gasteiger partial charge in [-0.15, -0.1) is 0 Å². The Morgan fingerprint density at radius 1 is 1.42 bits per heavy atom. The summed E-state index contributed by atoms with van der Waals surface area (Å²) in [4.78, 5) is 24.8. The maximum atomic E-state index is 11.9. The SMILES string of the molecule is O=C(O)C(Cc1ccccc1)N1CC(CBr)CC1=O. The predicted molar refractivity (Wildman–Crippen MR) is 75.2 cm³/mol. The third kappa shape index (κ3) is 3.35. The van der Waals surface area contributed by atoms with Gasteiger partial charge in [0, 0.05) is 24.7 Å². The molecule has 1 aliphatic rings. The molecule has 19 heavy (non-hydrogen) atoms. The summed E-state index contributed by atoms with van der Waals surface area (Å²) >= 11 is 3.36. The monoisotopic (exact) mass is 325 g/mol. The number of halogens is 1. The molecule has 1 aliphatic heterocycles. The summed E-state index contributed by atoms with van der Waals surface area (Å²) in [6.45, 7) is 0.522. The molecule has 0 aromatic heterocycles. The molecule has 0 radical (unpaired) electrons. The van der Waals surface area contributed by atoms with Gasteiger partial charge in [-0.2, -0.15) is 0 Å². The van der Waals surface area contributed by atoms with Crippen LogP contribution in [-0.2, 0) is 16.0 Å². The van der Waals surface area contributed by atoms with Crippen LogP contribution in [0.4, 0.5) is 0 Å². The Bertz CT molecular complexity index is 463. The minimum atomic E-state index is -0.938. The summed E-state index contributed by atoms with van der Waals surface area (Å²) in [5.74, 6) is -0.787. The molecule has 102 valence electrons. The molecule has 5 heteroatoms. The first-order chi connectivity index (χ1) is 9.11. The number of carbonyl (C=O) groups excluding carboxylic acids is 1. The zero-order valence-electron chi connectivity index (χ0n) is 10.5. The van der Waals surface area contributed by atoms with Gasteiger partial charge in [0.05, 0.1) is 0 Å². The van der Waals surface area contributed by atoms with Crippen molar-refractivity contribution in [2.75, 3.05) is 11.9 Å². The Balaban J connectivity index is 2.13. The average Bonchev–Trinajstić information content (AvgIpc) is 2.78. The quantitative estimate of drug-likeness (QED) is 0.841. The number of hydrogen-bond acceptors (Lipinski definition) is 2. The Kier molecular flexibility index (Phi) is 4.58. The Hall–Kier alpha value is -1.36. The lowest BCUT2D eigenvalue weighted by Gasteiger charge is -2.24. The molecule has 1 fully saturated rings. The minimum Gasteiger partial charge on any atom is -0.480 e. The van der Waals surface area contributed by atoms with Gasteiger partial charge < -0.3 is 10.0 Å². The number of aliphatic carboxylic acids is 1. The van der Waals surface area contributed by atoms with Crippen molar-refractivity contribution in [2.24, 2.45) is 5.92 Å². The standard InChI is InChI=1S/C14H16BrNO3/c15-8-11-7-13(17)16(9-11)12(14(18)19)6-10-4-2-1-3-5-10/h1-5,11-12H,6-9H2,(H,18,19). The third-order valence-electron chi connectivity index (χ3n) is 3.39. The van der Waals surface area contributed by atoms with Gasteiger partial charge in [0.2, 0.25) is 5.91 Å². The highest BCUT2D eigenvalue weighted by Crippen LogP contribution is 2.23. The summed E-state index contributed by atoms with van der Waals surface area (Å²) in [7, 11) is 0. The number of benzene rings is 1. The van der Waals surface area contributed by atoms with Gasteiger partial charge in [-0.05, 0) is 11.5 Å². The van der Waals surface area contributed by atoms with Gasteiger partial charge in [-0.3, -0.25) is 4.79 Å². The summed E-state index contributed by atoms with van der Waals surface area (Å²) in [5.41, 5.74) is 0.935. The molecule has 0 aliphatic carbocycles. The molecule has 1 aromatic rings. The van der Waals surface area contributed by atoms with E-state index < -0.39 is 12.0 Å². The number of likely N-dealkylation sites (tertiary alicyclic amines) is 1. The second-order valence-electron chi connectivity index (χ2n) is 4.81. The number of rotatable bonds is 5. The summed E-state index contributed by atoms with van der Waals surface area (Å²) in [5, 5.41) is 10.1. The maximum absolute atomic E-state index is 11.9. The fourth-order valence-corrected chi connectivity index (χ4v) is 2.81. The van der Waals surface area contributed by atoms with E-state index in [1.54, 1.807) is 0 Å². The molecule has 0 bridgehead atoms. The van der Waals surface area contributed by atoms with Gasteiger partial charge in [0.1, 0.15) is 6.04 Å². The number of carbonyl (C=O) groups is 2. The fraction of sp³-hybridized carbons (Fsp3) is 0.429. The number of carboxylic acids is 1. The Morgan fingerprint density at radius 2 is 2.11 bits per heavy atom. The van der Waals surface area contributed by atoms with Crippen LogP contribution in [0.5, 0.6) is 0 Å². The van der Waals surface area contributed by atoms with E-state index in [2.05, 4.69) is 15.9 Å². The zero-order valence-corrected chi connectivity index (χ0v) is 12.0. The van der Waals surface area contributed by atoms with Crippen LogP contribution in [0.25, 0.3) is 0 Å². The molecular formula is C14H16BrNO3. The summed E-state index contributed by atoms with van der Waals surface area (Å²) in [6, 6.07) is 8.65. The number of nitrogens with zero attached hydrogens (tertiary/aromatic N) is 1. The van der Waals surface area contributed by atoms with Crippen molar-refractivity contribution < 1.29 is 14.7 Å². The van der Waals surface area contributed by atoms with Crippen LogP contribution in [0.15, 0.2) is 30.3 Å². The summed E-state index contributed by atoms with van der Waals surface area (Å²) < 4.78 is 0. The third-order valence-corrected chi connectivity index (χ3v) is 4.31. The average molecular weight is 326 g/mol. The van der Waals surface area contributed by atoms with Crippen molar-refractivity contribution in [3.63, 3.8) is 0 Å². The second-order valence-corrected chi connectivity index (χ2v) is 5.46. The van der Waals surface area contributed by atoms with Gasteiger partial charge in [0.15, 0.2) is 0 Å². The van der Waals surface area contributed by atoms with Gasteiger partial charge >= 0.3 is 5.97 Å². The van der Waals surface area contributed by atoms with Crippen LogP contribution in [0.1, 0.15) is 12.0 Å². The van der Waals surface area contributed by atoms with Crippen LogP contribution >= 0.6 is 15.9 Å². The van der Waals surface area contributed by atoms with Gasteiger partial charge in [0.25, 0.3) is 0 Å². The molecule has 1 saturated heterocycles. The molecule has 1 heterocycles. The van der Waals surface area contributed by atoms with E-state index in [-0.39, 0.29) is 11.8 Å². The molecule has 0 spiro atoms. The van der Waals surface area contributed by atoms with Gasteiger partial charge in [-0.1, -0.05) is 46.3 Å². The first-order valence-corrected chi connectivity index (χ1v) is 7.36. The largest absolute Gasteiger partial charge is 0.480 e. The maximum Gasteiger partial charge on any atom is 0.326 e. The van der Waals surface area contributed by atoms with Crippen molar-refractivity contribution >= 4 is 27.8 Å².